The summed E-state index contributed by atoms with van der Waals surface area (Å²) in [5.41, 5.74) is 5.12. The number of benzene rings is 3. The number of aromatic amines is 1. The quantitative estimate of drug-likeness (QED) is 0.371. The molecule has 3 N–H and O–H groups in total. The summed E-state index contributed by atoms with van der Waals surface area (Å²) in [5.74, 6) is 0.857. The average Bonchev–Trinajstić information content (AvgIpc) is 3.22. The Labute approximate surface area is 168 Å². The van der Waals surface area contributed by atoms with E-state index in [4.69, 9.17) is 4.98 Å². The number of para-hydroxylation sites is 1. The summed E-state index contributed by atoms with van der Waals surface area (Å²) >= 11 is 0. The van der Waals surface area contributed by atoms with E-state index in [2.05, 4.69) is 44.9 Å². The Hall–Kier alpha value is -3.93. The number of nitrogens with zero attached hydrogens (tertiary/aromatic N) is 2. The molecule has 0 saturated heterocycles. The van der Waals surface area contributed by atoms with Gasteiger partial charge in [0.15, 0.2) is 5.96 Å². The smallest absolute Gasteiger partial charge is 0.260 e. The number of amides is 1. The van der Waals surface area contributed by atoms with E-state index in [-0.39, 0.29) is 5.91 Å². The van der Waals surface area contributed by atoms with Crippen LogP contribution in [0.2, 0.25) is 0 Å². The number of guanidine groups is 1. The molecule has 6 heteroatoms. The number of hydrogen-bond acceptors (Lipinski definition) is 3. The number of fused-ring (bicyclic) bond motifs is 1. The second-order valence-corrected chi connectivity index (χ2v) is 6.51. The molecule has 1 aromatic heterocycles. The predicted octanol–water partition coefficient (Wildman–Crippen LogP) is 3.83. The zero-order chi connectivity index (χ0) is 20.2. The minimum Gasteiger partial charge on any atom is -0.359 e. The van der Waals surface area contributed by atoms with Gasteiger partial charge in [0.2, 0.25) is 0 Å². The molecule has 1 amide bonds. The highest BCUT2D eigenvalue weighted by Crippen LogP contribution is 2.27. The highest BCUT2D eigenvalue weighted by Gasteiger charge is 2.15. The van der Waals surface area contributed by atoms with Gasteiger partial charge in [-0.3, -0.25) is 15.1 Å². The molecule has 0 aliphatic carbocycles. The molecule has 0 saturated carbocycles. The van der Waals surface area contributed by atoms with Gasteiger partial charge in [0.1, 0.15) is 11.3 Å². The standard InChI is InChI=1S/C23H21N5O/c1-24-23(25-2)28-22(29)18-12-7-13-19-20(18)27-21(26-19)17-11-6-10-16(14-17)15-8-4-3-5-9-15/h3-14H,1-2H3,(H,26,27)(H2,24,25,28,29). The van der Waals surface area contributed by atoms with Crippen LogP contribution in [0.3, 0.4) is 0 Å². The number of aliphatic imine (C=N–C) groups is 1. The molecular weight excluding hydrogens is 362 g/mol. The van der Waals surface area contributed by atoms with E-state index >= 15 is 0 Å². The highest BCUT2D eigenvalue weighted by atomic mass is 16.1. The van der Waals surface area contributed by atoms with Crippen molar-refractivity contribution in [2.24, 2.45) is 4.99 Å². The van der Waals surface area contributed by atoms with Crippen molar-refractivity contribution in [1.82, 2.24) is 20.6 Å². The first-order chi connectivity index (χ1) is 14.2. The third kappa shape index (κ3) is 3.73. The van der Waals surface area contributed by atoms with Gasteiger partial charge >= 0.3 is 0 Å². The van der Waals surface area contributed by atoms with Gasteiger partial charge in [0.25, 0.3) is 5.91 Å². The molecule has 0 bridgehead atoms. The lowest BCUT2D eigenvalue weighted by molar-refractivity contribution is 0.0977. The molecule has 0 aliphatic rings. The number of nitrogens with one attached hydrogen (secondary N) is 3. The topological polar surface area (TPSA) is 82.2 Å². The molecule has 6 nitrogen and oxygen atoms in total. The summed E-state index contributed by atoms with van der Waals surface area (Å²) in [5, 5.41) is 5.59. The lowest BCUT2D eigenvalue weighted by Gasteiger charge is -2.07. The lowest BCUT2D eigenvalue weighted by atomic mass is 10.0. The van der Waals surface area contributed by atoms with Gasteiger partial charge in [-0.05, 0) is 29.3 Å². The first-order valence-corrected chi connectivity index (χ1v) is 9.30. The Morgan fingerprint density at radius 2 is 1.66 bits per heavy atom. The van der Waals surface area contributed by atoms with Crippen LogP contribution < -0.4 is 10.6 Å². The van der Waals surface area contributed by atoms with Crippen LogP contribution in [0, 0.1) is 0 Å². The zero-order valence-electron chi connectivity index (χ0n) is 16.2. The van der Waals surface area contributed by atoms with Gasteiger partial charge in [-0.25, -0.2) is 4.98 Å². The van der Waals surface area contributed by atoms with Crippen LogP contribution in [0.5, 0.6) is 0 Å². The van der Waals surface area contributed by atoms with E-state index in [1.807, 2.05) is 42.5 Å². The molecule has 4 aromatic rings. The number of H-pyrrole nitrogens is 1. The van der Waals surface area contributed by atoms with Gasteiger partial charge in [-0.15, -0.1) is 0 Å². The highest BCUT2D eigenvalue weighted by molar-refractivity contribution is 6.11. The average molecular weight is 383 g/mol. The number of carbonyl (C=O) groups is 1. The van der Waals surface area contributed by atoms with Crippen molar-refractivity contribution in [1.29, 1.82) is 0 Å². The predicted molar refractivity (Wildman–Crippen MR) is 117 cm³/mol. The molecule has 0 radical (unpaired) electrons. The summed E-state index contributed by atoms with van der Waals surface area (Å²) in [6.45, 7) is 0. The second-order valence-electron chi connectivity index (χ2n) is 6.51. The van der Waals surface area contributed by atoms with Crippen LogP contribution in [0.1, 0.15) is 10.4 Å². The van der Waals surface area contributed by atoms with Gasteiger partial charge in [-0.1, -0.05) is 54.6 Å². The molecule has 3 aromatic carbocycles. The fraction of sp³-hybridized carbons (Fsp3) is 0.0870. The first kappa shape index (κ1) is 18.4. The fourth-order valence-electron chi connectivity index (χ4n) is 3.23. The van der Waals surface area contributed by atoms with Crippen LogP contribution in [0.25, 0.3) is 33.5 Å². The summed E-state index contributed by atoms with van der Waals surface area (Å²) in [4.78, 5) is 24.7. The van der Waals surface area contributed by atoms with Crippen molar-refractivity contribution < 1.29 is 4.79 Å². The Morgan fingerprint density at radius 1 is 0.931 bits per heavy atom. The van der Waals surface area contributed by atoms with Crippen molar-refractivity contribution in [2.75, 3.05) is 14.1 Å². The maximum atomic E-state index is 12.7. The van der Waals surface area contributed by atoms with Gasteiger partial charge < -0.3 is 10.3 Å². The minimum absolute atomic E-state index is 0.262. The van der Waals surface area contributed by atoms with E-state index < -0.39 is 0 Å². The van der Waals surface area contributed by atoms with Gasteiger partial charge in [0.05, 0.1) is 11.1 Å². The third-order valence-electron chi connectivity index (χ3n) is 4.69. The van der Waals surface area contributed by atoms with E-state index in [1.54, 1.807) is 20.2 Å². The molecule has 0 spiro atoms. The number of hydrogen-bond donors (Lipinski definition) is 3. The monoisotopic (exact) mass is 383 g/mol. The molecule has 0 unspecified atom stereocenters. The Morgan fingerprint density at radius 3 is 2.41 bits per heavy atom. The summed E-state index contributed by atoms with van der Waals surface area (Å²) < 4.78 is 0. The lowest BCUT2D eigenvalue weighted by Crippen LogP contribution is -2.39. The molecule has 0 fully saturated rings. The number of aromatic nitrogens is 2. The summed E-state index contributed by atoms with van der Waals surface area (Å²) in [6, 6.07) is 23.9. The second kappa shape index (κ2) is 7.98. The van der Waals surface area contributed by atoms with Crippen LogP contribution in [-0.4, -0.2) is 35.9 Å². The van der Waals surface area contributed by atoms with E-state index in [9.17, 15) is 4.79 Å². The van der Waals surface area contributed by atoms with E-state index in [1.165, 1.54) is 0 Å². The molecule has 0 atom stereocenters. The number of carbonyl (C=O) groups excluding carboxylic acids is 1. The van der Waals surface area contributed by atoms with Crippen molar-refractivity contribution >= 4 is 22.9 Å². The molecule has 4 rings (SSSR count). The minimum atomic E-state index is -0.262. The Bertz CT molecular complexity index is 1190. The van der Waals surface area contributed by atoms with Crippen molar-refractivity contribution in [3.8, 4) is 22.5 Å². The molecule has 29 heavy (non-hydrogen) atoms. The zero-order valence-corrected chi connectivity index (χ0v) is 16.2. The Balaban J connectivity index is 1.73. The number of imidazole rings is 1. The van der Waals surface area contributed by atoms with E-state index in [0.29, 0.717) is 17.0 Å². The normalized spacial score (nSPS) is 11.4. The maximum Gasteiger partial charge on any atom is 0.260 e. The Kier molecular flexibility index (Phi) is 5.07. The van der Waals surface area contributed by atoms with E-state index in [0.717, 1.165) is 28.0 Å². The van der Waals surface area contributed by atoms with Crippen molar-refractivity contribution in [3.63, 3.8) is 0 Å². The largest absolute Gasteiger partial charge is 0.359 e. The molecule has 0 aliphatic heterocycles. The van der Waals surface area contributed by atoms with Gasteiger partial charge in [0, 0.05) is 19.7 Å². The third-order valence-corrected chi connectivity index (χ3v) is 4.69. The maximum absolute atomic E-state index is 12.7. The van der Waals surface area contributed by atoms with Crippen molar-refractivity contribution in [3.05, 3.63) is 78.4 Å². The molecule has 1 heterocycles. The first-order valence-electron chi connectivity index (χ1n) is 9.30. The van der Waals surface area contributed by atoms with Crippen LogP contribution in [0.15, 0.2) is 77.8 Å². The SMILES string of the molecule is CN=C(NC)NC(=O)c1cccc2[nH]c(-c3cccc(-c4ccccc4)c3)nc12. The summed E-state index contributed by atoms with van der Waals surface area (Å²) in [6.07, 6.45) is 0. The van der Waals surface area contributed by atoms with Gasteiger partial charge in [-0.2, -0.15) is 0 Å². The van der Waals surface area contributed by atoms with Crippen molar-refractivity contribution in [2.45, 2.75) is 0 Å². The van der Waals surface area contributed by atoms with Crippen LogP contribution >= 0.6 is 0 Å². The van der Waals surface area contributed by atoms with Crippen LogP contribution in [-0.2, 0) is 0 Å². The summed E-state index contributed by atoms with van der Waals surface area (Å²) in [7, 11) is 3.31. The van der Waals surface area contributed by atoms with Crippen LogP contribution in [0.4, 0.5) is 0 Å². The fourth-order valence-corrected chi connectivity index (χ4v) is 3.23. The number of rotatable bonds is 3. The molecule has 144 valence electrons. The molecular formula is C23H21N5O.